The van der Waals surface area contributed by atoms with Gasteiger partial charge in [0.15, 0.2) is 5.16 Å². The monoisotopic (exact) mass is 420 g/mol. The Morgan fingerprint density at radius 3 is 2.38 bits per heavy atom. The summed E-state index contributed by atoms with van der Waals surface area (Å²) in [5.74, 6) is 1.28. The molecule has 1 heterocycles. The number of aromatic nitrogens is 3. The van der Waals surface area contributed by atoms with Gasteiger partial charge in [-0.1, -0.05) is 11.8 Å². The molecule has 3 rings (SSSR count). The van der Waals surface area contributed by atoms with Gasteiger partial charge in [-0.3, -0.25) is 9.36 Å². The van der Waals surface area contributed by atoms with Crippen molar-refractivity contribution < 1.29 is 23.0 Å². The zero-order chi connectivity index (χ0) is 20.8. The lowest BCUT2D eigenvalue weighted by Gasteiger charge is -2.10. The number of alkyl halides is 2. The number of benzene rings is 2. The third kappa shape index (κ3) is 5.44. The molecule has 0 radical (unpaired) electrons. The first kappa shape index (κ1) is 20.6. The van der Waals surface area contributed by atoms with Crippen LogP contribution in [0.1, 0.15) is 5.82 Å². The second-order valence-electron chi connectivity index (χ2n) is 5.80. The minimum Gasteiger partial charge on any atom is -0.497 e. The molecule has 1 amide bonds. The van der Waals surface area contributed by atoms with Gasteiger partial charge < -0.3 is 14.8 Å². The molecule has 0 aliphatic heterocycles. The number of ether oxygens (including phenoxy) is 2. The van der Waals surface area contributed by atoms with Crippen molar-refractivity contribution in [1.82, 2.24) is 14.8 Å². The van der Waals surface area contributed by atoms with Crippen LogP contribution in [0.25, 0.3) is 5.69 Å². The standard InChI is InChI=1S/C19H18F2N4O3S/c1-12-23-24-19(25(12)14-5-9-15(27-2)10-6-14)29-11-17(26)22-13-3-7-16(8-4-13)28-18(20)21/h3-10,18H,11H2,1-2H3,(H,22,26). The largest absolute Gasteiger partial charge is 0.497 e. The van der Waals surface area contributed by atoms with Crippen molar-refractivity contribution in [2.45, 2.75) is 18.7 Å². The molecule has 0 saturated heterocycles. The Morgan fingerprint density at radius 2 is 1.76 bits per heavy atom. The van der Waals surface area contributed by atoms with Gasteiger partial charge in [0.05, 0.1) is 12.9 Å². The Labute approximate surface area is 170 Å². The number of amides is 1. The van der Waals surface area contributed by atoms with Crippen LogP contribution in [0, 0.1) is 6.92 Å². The van der Waals surface area contributed by atoms with Gasteiger partial charge in [0.25, 0.3) is 0 Å². The van der Waals surface area contributed by atoms with Crippen molar-refractivity contribution in [1.29, 1.82) is 0 Å². The van der Waals surface area contributed by atoms with Crippen molar-refractivity contribution in [3.8, 4) is 17.2 Å². The summed E-state index contributed by atoms with van der Waals surface area (Å²) in [5, 5.41) is 11.5. The van der Waals surface area contributed by atoms with Crippen LogP contribution < -0.4 is 14.8 Å². The van der Waals surface area contributed by atoms with Crippen LogP contribution in [-0.4, -0.2) is 40.1 Å². The van der Waals surface area contributed by atoms with Gasteiger partial charge in [-0.25, -0.2) is 0 Å². The van der Waals surface area contributed by atoms with Crippen LogP contribution in [0.5, 0.6) is 11.5 Å². The molecule has 0 aliphatic carbocycles. The highest BCUT2D eigenvalue weighted by Gasteiger charge is 2.14. The first-order valence-electron chi connectivity index (χ1n) is 8.50. The Bertz CT molecular complexity index is 963. The number of hydrogen-bond donors (Lipinski definition) is 1. The molecule has 3 aromatic rings. The molecule has 10 heteroatoms. The zero-order valence-electron chi connectivity index (χ0n) is 15.6. The zero-order valence-corrected chi connectivity index (χ0v) is 16.5. The van der Waals surface area contributed by atoms with E-state index in [2.05, 4.69) is 20.3 Å². The summed E-state index contributed by atoms with van der Waals surface area (Å²) in [7, 11) is 1.60. The van der Waals surface area contributed by atoms with E-state index in [1.807, 2.05) is 35.8 Å². The first-order valence-corrected chi connectivity index (χ1v) is 9.49. The molecule has 1 aromatic heterocycles. The molecule has 0 spiro atoms. The van der Waals surface area contributed by atoms with Crippen LogP contribution in [0.15, 0.2) is 53.7 Å². The predicted molar refractivity (Wildman–Crippen MR) is 105 cm³/mol. The highest BCUT2D eigenvalue weighted by molar-refractivity contribution is 7.99. The fourth-order valence-corrected chi connectivity index (χ4v) is 3.31. The van der Waals surface area contributed by atoms with E-state index in [9.17, 15) is 13.6 Å². The molecule has 152 valence electrons. The lowest BCUT2D eigenvalue weighted by Crippen LogP contribution is -2.14. The lowest BCUT2D eigenvalue weighted by molar-refractivity contribution is -0.113. The average molecular weight is 420 g/mol. The highest BCUT2D eigenvalue weighted by atomic mass is 32.2. The molecule has 0 fully saturated rings. The first-order chi connectivity index (χ1) is 14.0. The molecule has 0 bridgehead atoms. The quantitative estimate of drug-likeness (QED) is 0.557. The number of rotatable bonds is 8. The van der Waals surface area contributed by atoms with E-state index in [1.54, 1.807) is 7.11 Å². The van der Waals surface area contributed by atoms with Gasteiger partial charge in [0, 0.05) is 11.4 Å². The molecule has 0 saturated carbocycles. The average Bonchev–Trinajstić information content (AvgIpc) is 3.08. The molecule has 0 atom stereocenters. The number of carbonyl (C=O) groups is 1. The van der Waals surface area contributed by atoms with E-state index in [-0.39, 0.29) is 17.4 Å². The van der Waals surface area contributed by atoms with E-state index in [4.69, 9.17) is 4.74 Å². The van der Waals surface area contributed by atoms with Gasteiger partial charge in [0.1, 0.15) is 17.3 Å². The van der Waals surface area contributed by atoms with Crippen molar-refractivity contribution in [2.24, 2.45) is 0 Å². The summed E-state index contributed by atoms with van der Waals surface area (Å²) in [6.07, 6.45) is 0. The smallest absolute Gasteiger partial charge is 0.387 e. The van der Waals surface area contributed by atoms with Crippen LogP contribution in [0.2, 0.25) is 0 Å². The minimum atomic E-state index is -2.89. The maximum atomic E-state index is 12.2. The van der Waals surface area contributed by atoms with E-state index in [1.165, 1.54) is 36.0 Å². The number of anilines is 1. The molecule has 2 aromatic carbocycles. The number of nitrogens with zero attached hydrogens (tertiary/aromatic N) is 3. The van der Waals surface area contributed by atoms with Gasteiger partial charge >= 0.3 is 6.61 Å². The fourth-order valence-electron chi connectivity index (χ4n) is 2.51. The van der Waals surface area contributed by atoms with Gasteiger partial charge in [0.2, 0.25) is 5.91 Å². The van der Waals surface area contributed by atoms with E-state index in [0.717, 1.165) is 11.4 Å². The Kier molecular flexibility index (Phi) is 6.65. The van der Waals surface area contributed by atoms with Crippen molar-refractivity contribution >= 4 is 23.4 Å². The van der Waals surface area contributed by atoms with Crippen molar-refractivity contribution in [3.63, 3.8) is 0 Å². The van der Waals surface area contributed by atoms with E-state index in [0.29, 0.717) is 16.7 Å². The number of aryl methyl sites for hydroxylation is 1. The summed E-state index contributed by atoms with van der Waals surface area (Å²) >= 11 is 1.23. The summed E-state index contributed by atoms with van der Waals surface area (Å²) < 4.78 is 35.6. The molecular formula is C19H18F2N4O3S. The second-order valence-corrected chi connectivity index (χ2v) is 6.75. The Balaban J connectivity index is 1.62. The summed E-state index contributed by atoms with van der Waals surface area (Å²) in [4.78, 5) is 12.2. The maximum absolute atomic E-state index is 12.2. The fraction of sp³-hybridized carbons (Fsp3) is 0.211. The number of carbonyl (C=O) groups excluding carboxylic acids is 1. The third-order valence-corrected chi connectivity index (χ3v) is 4.75. The van der Waals surface area contributed by atoms with Crippen molar-refractivity contribution in [3.05, 3.63) is 54.4 Å². The van der Waals surface area contributed by atoms with Gasteiger partial charge in [-0.2, -0.15) is 8.78 Å². The predicted octanol–water partition coefficient (Wildman–Crippen LogP) is 3.92. The number of hydrogen-bond acceptors (Lipinski definition) is 6. The number of halogens is 2. The summed E-state index contributed by atoms with van der Waals surface area (Å²) in [6.45, 7) is -1.07. The van der Waals surface area contributed by atoms with Gasteiger partial charge in [-0.15, -0.1) is 10.2 Å². The van der Waals surface area contributed by atoms with Crippen LogP contribution in [0.4, 0.5) is 14.5 Å². The molecule has 0 aliphatic rings. The minimum absolute atomic E-state index is 0.0236. The van der Waals surface area contributed by atoms with Crippen molar-refractivity contribution in [2.75, 3.05) is 18.2 Å². The normalized spacial score (nSPS) is 10.8. The van der Waals surface area contributed by atoms with E-state index >= 15 is 0 Å². The molecular weight excluding hydrogens is 402 g/mol. The highest BCUT2D eigenvalue weighted by Crippen LogP contribution is 2.24. The maximum Gasteiger partial charge on any atom is 0.387 e. The number of thioether (sulfide) groups is 1. The SMILES string of the molecule is COc1ccc(-n2c(C)nnc2SCC(=O)Nc2ccc(OC(F)F)cc2)cc1. The Morgan fingerprint density at radius 1 is 1.10 bits per heavy atom. The molecule has 0 unspecified atom stereocenters. The number of methoxy groups -OCH3 is 1. The van der Waals surface area contributed by atoms with E-state index < -0.39 is 6.61 Å². The van der Waals surface area contributed by atoms with Crippen LogP contribution in [-0.2, 0) is 4.79 Å². The Hall–Kier alpha value is -3.14. The molecule has 1 N–H and O–H groups in total. The molecule has 7 nitrogen and oxygen atoms in total. The lowest BCUT2D eigenvalue weighted by atomic mass is 10.3. The summed E-state index contributed by atoms with van der Waals surface area (Å²) in [5.41, 5.74) is 1.33. The third-order valence-electron chi connectivity index (χ3n) is 3.82. The van der Waals surface area contributed by atoms with Crippen LogP contribution >= 0.6 is 11.8 Å². The van der Waals surface area contributed by atoms with Gasteiger partial charge in [-0.05, 0) is 55.5 Å². The second kappa shape index (κ2) is 9.37. The van der Waals surface area contributed by atoms with Crippen LogP contribution in [0.3, 0.4) is 0 Å². The summed E-state index contributed by atoms with van der Waals surface area (Å²) in [6, 6.07) is 13.1. The topological polar surface area (TPSA) is 78.3 Å². The number of nitrogens with one attached hydrogen (secondary N) is 1. The molecule has 29 heavy (non-hydrogen) atoms.